The highest BCUT2D eigenvalue weighted by molar-refractivity contribution is 7.98. The molecule has 1 aromatic carbocycles. The van der Waals surface area contributed by atoms with Gasteiger partial charge in [-0.3, -0.25) is 4.79 Å². The van der Waals surface area contributed by atoms with E-state index in [1.54, 1.807) is 12.1 Å². The Balaban J connectivity index is 1.77. The lowest BCUT2D eigenvalue weighted by Gasteiger charge is -2.13. The van der Waals surface area contributed by atoms with E-state index in [2.05, 4.69) is 0 Å². The number of rotatable bonds is 6. The van der Waals surface area contributed by atoms with E-state index in [9.17, 15) is 9.90 Å². The van der Waals surface area contributed by atoms with Crippen LogP contribution in [0.2, 0.25) is 0 Å². The first kappa shape index (κ1) is 13.3. The second-order valence-corrected chi connectivity index (χ2v) is 5.90. The van der Waals surface area contributed by atoms with Crippen molar-refractivity contribution in [2.45, 2.75) is 25.0 Å². The summed E-state index contributed by atoms with van der Waals surface area (Å²) in [5.41, 5.74) is 1.29. The van der Waals surface area contributed by atoms with E-state index in [-0.39, 0.29) is 11.4 Å². The third-order valence-electron chi connectivity index (χ3n) is 3.29. The van der Waals surface area contributed by atoms with Gasteiger partial charge in [0.05, 0.1) is 13.5 Å². The van der Waals surface area contributed by atoms with Gasteiger partial charge in [-0.1, -0.05) is 12.1 Å². The summed E-state index contributed by atoms with van der Waals surface area (Å²) in [5, 5.41) is 9.37. The van der Waals surface area contributed by atoms with Crippen LogP contribution in [0.4, 0.5) is 0 Å². The fourth-order valence-corrected chi connectivity index (χ4v) is 3.30. The molecule has 98 valence electrons. The van der Waals surface area contributed by atoms with Gasteiger partial charge in [0, 0.05) is 5.75 Å². The lowest BCUT2D eigenvalue weighted by Crippen LogP contribution is -2.13. The number of benzene rings is 1. The van der Waals surface area contributed by atoms with Crippen LogP contribution in [-0.2, 0) is 15.3 Å². The number of phenolic OH excluding ortho intramolecular Hbond substituents is 1. The Morgan fingerprint density at radius 3 is 2.89 bits per heavy atom. The van der Waals surface area contributed by atoms with Gasteiger partial charge in [-0.15, -0.1) is 0 Å². The van der Waals surface area contributed by atoms with Crippen molar-refractivity contribution in [3.63, 3.8) is 0 Å². The standard InChI is InChI=1S/C14H18O3S/c1-17-13(16)8-14(5-6-14)10-18-9-11-3-2-4-12(15)7-11/h2-4,7,15H,5-6,8-10H2,1H3. The Morgan fingerprint density at radius 2 is 2.28 bits per heavy atom. The second kappa shape index (κ2) is 5.65. The van der Waals surface area contributed by atoms with Gasteiger partial charge in [0.15, 0.2) is 0 Å². The molecule has 1 fully saturated rings. The van der Waals surface area contributed by atoms with Crippen LogP contribution < -0.4 is 0 Å². The zero-order valence-corrected chi connectivity index (χ0v) is 11.3. The monoisotopic (exact) mass is 266 g/mol. The smallest absolute Gasteiger partial charge is 0.306 e. The largest absolute Gasteiger partial charge is 0.508 e. The summed E-state index contributed by atoms with van der Waals surface area (Å²) in [6.07, 6.45) is 2.78. The lowest BCUT2D eigenvalue weighted by atomic mass is 10.1. The Labute approximate surface area is 112 Å². The van der Waals surface area contributed by atoms with Crippen molar-refractivity contribution < 1.29 is 14.6 Å². The maximum absolute atomic E-state index is 11.3. The predicted octanol–water partition coefficient (Wildman–Crippen LogP) is 2.97. The minimum absolute atomic E-state index is 0.106. The van der Waals surface area contributed by atoms with Crippen molar-refractivity contribution >= 4 is 17.7 Å². The SMILES string of the molecule is COC(=O)CC1(CSCc2cccc(O)c2)CC1. The van der Waals surface area contributed by atoms with E-state index in [0.29, 0.717) is 12.2 Å². The van der Waals surface area contributed by atoms with E-state index >= 15 is 0 Å². The molecular formula is C14H18O3S. The molecule has 4 heteroatoms. The molecule has 1 aliphatic rings. The summed E-state index contributed by atoms with van der Waals surface area (Å²) in [6.45, 7) is 0. The van der Waals surface area contributed by atoms with Crippen LogP contribution in [-0.4, -0.2) is 23.9 Å². The van der Waals surface area contributed by atoms with Crippen molar-refractivity contribution in [1.29, 1.82) is 0 Å². The molecule has 1 aliphatic carbocycles. The van der Waals surface area contributed by atoms with Crippen LogP contribution in [0.1, 0.15) is 24.8 Å². The van der Waals surface area contributed by atoms with Gasteiger partial charge in [0.2, 0.25) is 0 Å². The van der Waals surface area contributed by atoms with Gasteiger partial charge >= 0.3 is 5.97 Å². The highest BCUT2D eigenvalue weighted by Gasteiger charge is 2.44. The molecule has 18 heavy (non-hydrogen) atoms. The first-order chi connectivity index (χ1) is 8.63. The Hall–Kier alpha value is -1.16. The molecule has 0 aliphatic heterocycles. The molecule has 0 atom stereocenters. The molecule has 0 amide bonds. The Kier molecular flexibility index (Phi) is 4.17. The average Bonchev–Trinajstić information content (AvgIpc) is 3.09. The maximum Gasteiger partial charge on any atom is 0.306 e. The van der Waals surface area contributed by atoms with Gasteiger partial charge < -0.3 is 9.84 Å². The number of hydrogen-bond donors (Lipinski definition) is 1. The third kappa shape index (κ3) is 3.67. The number of esters is 1. The van der Waals surface area contributed by atoms with Gasteiger partial charge in [-0.2, -0.15) is 11.8 Å². The van der Waals surface area contributed by atoms with Crippen molar-refractivity contribution in [2.24, 2.45) is 5.41 Å². The highest BCUT2D eigenvalue weighted by atomic mass is 32.2. The first-order valence-corrected chi connectivity index (χ1v) is 7.21. The van der Waals surface area contributed by atoms with Crippen LogP contribution in [0.25, 0.3) is 0 Å². The molecule has 3 nitrogen and oxygen atoms in total. The summed E-state index contributed by atoms with van der Waals surface area (Å²) in [4.78, 5) is 11.3. The number of phenols is 1. The molecule has 0 radical (unpaired) electrons. The molecule has 0 saturated heterocycles. The quantitative estimate of drug-likeness (QED) is 0.804. The zero-order valence-electron chi connectivity index (χ0n) is 10.5. The molecule has 1 aromatic rings. The molecule has 1 N–H and O–H groups in total. The molecule has 0 heterocycles. The van der Waals surface area contributed by atoms with Crippen molar-refractivity contribution in [1.82, 2.24) is 0 Å². The normalized spacial score (nSPS) is 16.3. The van der Waals surface area contributed by atoms with Crippen LogP contribution in [0.5, 0.6) is 5.75 Å². The maximum atomic E-state index is 11.3. The van der Waals surface area contributed by atoms with Gasteiger partial charge in [-0.25, -0.2) is 0 Å². The number of hydrogen-bond acceptors (Lipinski definition) is 4. The minimum Gasteiger partial charge on any atom is -0.508 e. The molecule has 0 spiro atoms. The number of carbonyl (C=O) groups excluding carboxylic acids is 1. The summed E-state index contributed by atoms with van der Waals surface area (Å²) in [5.74, 6) is 2.06. The van der Waals surface area contributed by atoms with Crippen LogP contribution >= 0.6 is 11.8 Å². The third-order valence-corrected chi connectivity index (χ3v) is 4.65. The second-order valence-electron chi connectivity index (χ2n) is 4.92. The molecule has 1 saturated carbocycles. The Bertz CT molecular complexity index is 427. The lowest BCUT2D eigenvalue weighted by molar-refractivity contribution is -0.141. The number of thioether (sulfide) groups is 1. The molecular weight excluding hydrogens is 248 g/mol. The van der Waals surface area contributed by atoms with E-state index in [4.69, 9.17) is 4.74 Å². The van der Waals surface area contributed by atoms with E-state index in [0.717, 1.165) is 29.9 Å². The fraction of sp³-hybridized carbons (Fsp3) is 0.500. The highest BCUT2D eigenvalue weighted by Crippen LogP contribution is 2.51. The van der Waals surface area contributed by atoms with Crippen molar-refractivity contribution in [3.8, 4) is 5.75 Å². The average molecular weight is 266 g/mol. The summed E-state index contributed by atoms with van der Waals surface area (Å²) < 4.78 is 4.73. The van der Waals surface area contributed by atoms with Crippen LogP contribution in [0, 0.1) is 5.41 Å². The van der Waals surface area contributed by atoms with Crippen LogP contribution in [0.15, 0.2) is 24.3 Å². The van der Waals surface area contributed by atoms with Crippen molar-refractivity contribution in [3.05, 3.63) is 29.8 Å². The van der Waals surface area contributed by atoms with E-state index < -0.39 is 0 Å². The number of carbonyl (C=O) groups is 1. The van der Waals surface area contributed by atoms with E-state index in [1.807, 2.05) is 23.9 Å². The molecule has 0 unspecified atom stereocenters. The molecule has 2 rings (SSSR count). The predicted molar refractivity (Wildman–Crippen MR) is 72.6 cm³/mol. The number of methoxy groups -OCH3 is 1. The zero-order chi connectivity index (χ0) is 13.0. The Morgan fingerprint density at radius 1 is 1.50 bits per heavy atom. The summed E-state index contributed by atoms with van der Waals surface area (Å²) >= 11 is 1.82. The fourth-order valence-electron chi connectivity index (χ4n) is 1.96. The molecule has 0 aromatic heterocycles. The molecule has 0 bridgehead atoms. The first-order valence-electron chi connectivity index (χ1n) is 6.06. The summed E-state index contributed by atoms with van der Waals surface area (Å²) in [7, 11) is 1.44. The van der Waals surface area contributed by atoms with Gasteiger partial charge in [0.1, 0.15) is 5.75 Å². The van der Waals surface area contributed by atoms with Crippen molar-refractivity contribution in [2.75, 3.05) is 12.9 Å². The van der Waals surface area contributed by atoms with Gasteiger partial charge in [0.25, 0.3) is 0 Å². The van der Waals surface area contributed by atoms with E-state index in [1.165, 1.54) is 7.11 Å². The van der Waals surface area contributed by atoms with Crippen LogP contribution in [0.3, 0.4) is 0 Å². The topological polar surface area (TPSA) is 46.5 Å². The minimum atomic E-state index is -0.106. The number of ether oxygens (including phenoxy) is 1. The summed E-state index contributed by atoms with van der Waals surface area (Å²) in [6, 6.07) is 7.32. The van der Waals surface area contributed by atoms with Gasteiger partial charge in [-0.05, 0) is 41.7 Å². The number of aromatic hydroxyl groups is 1.